The minimum atomic E-state index is -3.66. The minimum Gasteiger partial charge on any atom is -0.211 e. The van der Waals surface area contributed by atoms with Crippen LogP contribution in [0.15, 0.2) is 0 Å². The topological polar surface area (TPSA) is 80.3 Å². The highest BCUT2D eigenvalue weighted by molar-refractivity contribution is 8.04. The van der Waals surface area contributed by atoms with Crippen molar-refractivity contribution in [1.29, 1.82) is 0 Å². The fraction of sp³-hybridized carbons (Fsp3) is 1.00. The molecule has 0 saturated carbocycles. The second-order valence-corrected chi connectivity index (χ2v) is 7.02. The first-order valence-corrected chi connectivity index (χ1v) is 7.87. The predicted octanol–water partition coefficient (Wildman–Crippen LogP) is 0.446. The van der Waals surface area contributed by atoms with Crippen molar-refractivity contribution in [3.8, 4) is 0 Å². The summed E-state index contributed by atoms with van der Waals surface area (Å²) in [5.41, 5.74) is 0. The average molecular weight is 243 g/mol. The van der Waals surface area contributed by atoms with Gasteiger partial charge in [-0.15, -0.1) is 4.13 Å². The zero-order valence-electron chi connectivity index (χ0n) is 8.49. The van der Waals surface area contributed by atoms with Crippen molar-refractivity contribution >= 4 is 20.0 Å². The molecule has 0 unspecified atom stereocenters. The van der Waals surface area contributed by atoms with E-state index in [-0.39, 0.29) is 11.5 Å². The molecular weight excluding hydrogens is 226 g/mol. The Labute approximate surface area is 86.0 Å². The number of hydrogen-bond donors (Lipinski definition) is 1. The highest BCUT2D eigenvalue weighted by Gasteiger charge is 2.18. The van der Waals surface area contributed by atoms with Crippen LogP contribution in [0.25, 0.3) is 0 Å². The predicted molar refractivity (Wildman–Crippen MR) is 55.9 cm³/mol. The van der Waals surface area contributed by atoms with Crippen molar-refractivity contribution in [3.05, 3.63) is 0 Å². The first-order valence-electron chi connectivity index (χ1n) is 4.57. The largest absolute Gasteiger partial charge is 0.224 e. The zero-order valence-corrected chi connectivity index (χ0v) is 10.1. The number of rotatable bonds is 7. The molecule has 0 heterocycles. The number of unbranched alkanes of at least 4 members (excludes halogenated alkanes) is 1. The van der Waals surface area contributed by atoms with Gasteiger partial charge in [0.1, 0.15) is 0 Å². The molecule has 0 bridgehead atoms. The Bertz CT molecular complexity index is 344. The molecule has 1 N–H and O–H groups in total. The molecule has 0 aromatic rings. The van der Waals surface area contributed by atoms with Gasteiger partial charge >= 0.3 is 0 Å². The average Bonchev–Trinajstić information content (AvgIpc) is 1.98. The summed E-state index contributed by atoms with van der Waals surface area (Å²) in [5.74, 6) is -0.287. The SMILES string of the molecule is CCCCS(=O)(=O)NS(=O)(=O)CCC. The minimum absolute atomic E-state index is 0.132. The molecule has 5 nitrogen and oxygen atoms in total. The van der Waals surface area contributed by atoms with E-state index in [1.54, 1.807) is 11.1 Å². The van der Waals surface area contributed by atoms with E-state index in [1.165, 1.54) is 0 Å². The molecule has 0 spiro atoms. The number of hydrogen-bond acceptors (Lipinski definition) is 4. The lowest BCUT2D eigenvalue weighted by molar-refractivity contribution is 0.574. The molecule has 7 heteroatoms. The monoisotopic (exact) mass is 243 g/mol. The van der Waals surface area contributed by atoms with Gasteiger partial charge in [-0.25, -0.2) is 16.8 Å². The Morgan fingerprint density at radius 1 is 0.857 bits per heavy atom. The van der Waals surface area contributed by atoms with E-state index in [2.05, 4.69) is 0 Å². The number of nitrogens with one attached hydrogen (secondary N) is 1. The van der Waals surface area contributed by atoms with Crippen molar-refractivity contribution in [2.24, 2.45) is 0 Å². The summed E-state index contributed by atoms with van der Waals surface area (Å²) in [6, 6.07) is 0. The maximum absolute atomic E-state index is 11.2. The molecule has 0 rings (SSSR count). The summed E-state index contributed by atoms with van der Waals surface area (Å²) in [7, 11) is -7.32. The van der Waals surface area contributed by atoms with Crippen LogP contribution in [0.4, 0.5) is 0 Å². The van der Waals surface area contributed by atoms with Crippen molar-refractivity contribution in [3.63, 3.8) is 0 Å². The summed E-state index contributed by atoms with van der Waals surface area (Å²) in [6.45, 7) is 3.52. The molecule has 0 aromatic heterocycles. The van der Waals surface area contributed by atoms with E-state index >= 15 is 0 Å². The molecular formula is C7H17NO4S2. The van der Waals surface area contributed by atoms with E-state index in [0.717, 1.165) is 0 Å². The van der Waals surface area contributed by atoms with E-state index in [1.807, 2.05) is 6.92 Å². The highest BCUT2D eigenvalue weighted by Crippen LogP contribution is 1.97. The molecule has 0 radical (unpaired) electrons. The summed E-state index contributed by atoms with van der Waals surface area (Å²) in [6.07, 6.45) is 1.59. The fourth-order valence-corrected chi connectivity index (χ4v) is 4.30. The van der Waals surface area contributed by atoms with Gasteiger partial charge in [0.2, 0.25) is 20.0 Å². The summed E-state index contributed by atoms with van der Waals surface area (Å²) in [5, 5.41) is 0. The molecule has 14 heavy (non-hydrogen) atoms. The third-order valence-electron chi connectivity index (χ3n) is 1.49. The zero-order chi connectivity index (χ0) is 11.2. The summed E-state index contributed by atoms with van der Waals surface area (Å²) < 4.78 is 46.3. The second kappa shape index (κ2) is 5.67. The van der Waals surface area contributed by atoms with Crippen LogP contribution < -0.4 is 4.13 Å². The van der Waals surface area contributed by atoms with Gasteiger partial charge < -0.3 is 0 Å². The van der Waals surface area contributed by atoms with Gasteiger partial charge in [-0.3, -0.25) is 0 Å². The Kier molecular flexibility index (Phi) is 5.61. The van der Waals surface area contributed by atoms with Gasteiger partial charge in [0, 0.05) is 0 Å². The van der Waals surface area contributed by atoms with Gasteiger partial charge in [-0.1, -0.05) is 20.3 Å². The maximum Gasteiger partial charge on any atom is 0.224 e. The Balaban J connectivity index is 4.36. The molecule has 0 aliphatic heterocycles. The Morgan fingerprint density at radius 2 is 1.36 bits per heavy atom. The van der Waals surface area contributed by atoms with Gasteiger partial charge in [-0.2, -0.15) is 0 Å². The smallest absolute Gasteiger partial charge is 0.211 e. The van der Waals surface area contributed by atoms with Crippen molar-refractivity contribution in [2.45, 2.75) is 33.1 Å². The first kappa shape index (κ1) is 13.9. The molecule has 0 saturated heterocycles. The van der Waals surface area contributed by atoms with Gasteiger partial charge in [0.25, 0.3) is 0 Å². The van der Waals surface area contributed by atoms with Crippen LogP contribution in [0.3, 0.4) is 0 Å². The molecule has 0 aliphatic rings. The third-order valence-corrected chi connectivity index (χ3v) is 5.30. The maximum atomic E-state index is 11.2. The Hall–Kier alpha value is -0.140. The standard InChI is InChI=1S/C7H17NO4S2/c1-3-5-7-14(11,12)8-13(9,10)6-4-2/h8H,3-7H2,1-2H3. The molecule has 0 aromatic carbocycles. The number of sulfonamides is 2. The van der Waals surface area contributed by atoms with Crippen LogP contribution >= 0.6 is 0 Å². The summed E-state index contributed by atoms with van der Waals surface area (Å²) >= 11 is 0. The summed E-state index contributed by atoms with van der Waals surface area (Å²) in [4.78, 5) is 0. The van der Waals surface area contributed by atoms with Crippen molar-refractivity contribution in [1.82, 2.24) is 4.13 Å². The molecule has 0 atom stereocenters. The van der Waals surface area contributed by atoms with Gasteiger partial charge in [0.05, 0.1) is 11.5 Å². The second-order valence-electron chi connectivity index (χ2n) is 3.07. The van der Waals surface area contributed by atoms with Crippen LogP contribution in [0.1, 0.15) is 33.1 Å². The lowest BCUT2D eigenvalue weighted by Gasteiger charge is -2.05. The van der Waals surface area contributed by atoms with Crippen LogP contribution in [0.5, 0.6) is 0 Å². The molecule has 0 amide bonds. The van der Waals surface area contributed by atoms with E-state index in [9.17, 15) is 16.8 Å². The van der Waals surface area contributed by atoms with Gasteiger partial charge in [-0.05, 0) is 12.8 Å². The highest BCUT2D eigenvalue weighted by atomic mass is 32.3. The van der Waals surface area contributed by atoms with Crippen LogP contribution in [-0.4, -0.2) is 28.3 Å². The van der Waals surface area contributed by atoms with E-state index < -0.39 is 20.0 Å². The fourth-order valence-electron chi connectivity index (χ4n) is 0.880. The molecule has 86 valence electrons. The first-order chi connectivity index (χ1) is 6.33. The van der Waals surface area contributed by atoms with E-state index in [0.29, 0.717) is 19.3 Å². The molecule has 0 fully saturated rings. The Morgan fingerprint density at radius 3 is 1.79 bits per heavy atom. The third kappa shape index (κ3) is 6.33. The quantitative estimate of drug-likeness (QED) is 0.704. The van der Waals surface area contributed by atoms with Crippen LogP contribution in [0, 0.1) is 0 Å². The van der Waals surface area contributed by atoms with Gasteiger partial charge in [0.15, 0.2) is 0 Å². The van der Waals surface area contributed by atoms with Crippen LogP contribution in [-0.2, 0) is 20.0 Å². The van der Waals surface area contributed by atoms with Crippen molar-refractivity contribution in [2.75, 3.05) is 11.5 Å². The lowest BCUT2D eigenvalue weighted by atomic mass is 10.4. The lowest BCUT2D eigenvalue weighted by Crippen LogP contribution is -2.34. The normalized spacial score (nSPS) is 13.0. The van der Waals surface area contributed by atoms with E-state index in [4.69, 9.17) is 0 Å². The van der Waals surface area contributed by atoms with Crippen LogP contribution in [0.2, 0.25) is 0 Å². The van der Waals surface area contributed by atoms with Crippen molar-refractivity contribution < 1.29 is 16.8 Å². The molecule has 0 aliphatic carbocycles.